The van der Waals surface area contributed by atoms with Crippen LogP contribution in [0.4, 0.5) is 0 Å². The minimum Gasteiger partial charge on any atom is -0.389 e. The Bertz CT molecular complexity index is 338. The van der Waals surface area contributed by atoms with Gasteiger partial charge in [-0.15, -0.1) is 0 Å². The molecule has 98 valence electrons. The van der Waals surface area contributed by atoms with Gasteiger partial charge >= 0.3 is 0 Å². The molecule has 0 saturated carbocycles. The van der Waals surface area contributed by atoms with E-state index >= 15 is 0 Å². The van der Waals surface area contributed by atoms with Crippen molar-refractivity contribution < 1.29 is 14.6 Å². The normalized spacial score (nSPS) is 14.9. The van der Waals surface area contributed by atoms with Crippen LogP contribution >= 0.6 is 0 Å². The molecule has 0 amide bonds. The lowest BCUT2D eigenvalue weighted by molar-refractivity contribution is -0.0365. The van der Waals surface area contributed by atoms with Crippen LogP contribution in [0.3, 0.4) is 0 Å². The smallest absolute Gasteiger partial charge is 0.0969 e. The Morgan fingerprint density at radius 3 is 2.65 bits per heavy atom. The Hall–Kier alpha value is -0.910. The zero-order valence-corrected chi connectivity index (χ0v) is 11.0. The van der Waals surface area contributed by atoms with Crippen LogP contribution in [-0.2, 0) is 16.0 Å². The van der Waals surface area contributed by atoms with Crippen LogP contribution in [0.2, 0.25) is 0 Å². The third-order valence-corrected chi connectivity index (χ3v) is 2.46. The lowest BCUT2D eigenvalue weighted by atomic mass is 10.3. The van der Waals surface area contributed by atoms with Gasteiger partial charge in [0.05, 0.1) is 37.7 Å². The molecule has 5 heteroatoms. The molecule has 0 aromatic carbocycles. The quantitative estimate of drug-likeness (QED) is 0.772. The Balaban J connectivity index is 2.34. The molecule has 0 aliphatic heterocycles. The Kier molecular flexibility index (Phi) is 5.61. The van der Waals surface area contributed by atoms with E-state index in [2.05, 4.69) is 5.10 Å². The molecular weight excluding hydrogens is 220 g/mol. The van der Waals surface area contributed by atoms with Gasteiger partial charge in [-0.1, -0.05) is 0 Å². The van der Waals surface area contributed by atoms with E-state index in [1.165, 1.54) is 0 Å². The van der Waals surface area contributed by atoms with E-state index < -0.39 is 6.10 Å². The SMILES string of the molecule is COCC(C)OCC(O)Cn1nc(C)cc1C. The number of rotatable bonds is 7. The third-order valence-electron chi connectivity index (χ3n) is 2.46. The molecule has 2 unspecified atom stereocenters. The van der Waals surface area contributed by atoms with Crippen molar-refractivity contribution in [3.63, 3.8) is 0 Å². The summed E-state index contributed by atoms with van der Waals surface area (Å²) >= 11 is 0. The molecular formula is C12H22N2O3. The van der Waals surface area contributed by atoms with Crippen molar-refractivity contribution in [3.05, 3.63) is 17.5 Å². The first-order chi connectivity index (χ1) is 8.02. The van der Waals surface area contributed by atoms with Crippen molar-refractivity contribution in [3.8, 4) is 0 Å². The summed E-state index contributed by atoms with van der Waals surface area (Å²) in [4.78, 5) is 0. The molecule has 1 aromatic rings. The Morgan fingerprint density at radius 1 is 1.41 bits per heavy atom. The largest absolute Gasteiger partial charge is 0.389 e. The van der Waals surface area contributed by atoms with E-state index in [9.17, 15) is 5.11 Å². The summed E-state index contributed by atoms with van der Waals surface area (Å²) in [5.41, 5.74) is 2.01. The minimum atomic E-state index is -0.549. The number of nitrogens with zero attached hydrogens (tertiary/aromatic N) is 2. The van der Waals surface area contributed by atoms with E-state index in [1.807, 2.05) is 26.8 Å². The molecule has 0 saturated heterocycles. The van der Waals surface area contributed by atoms with Gasteiger partial charge in [0.1, 0.15) is 0 Å². The number of ether oxygens (including phenoxy) is 2. The average Bonchev–Trinajstić information content (AvgIpc) is 2.55. The molecule has 0 aliphatic carbocycles. The maximum absolute atomic E-state index is 9.83. The standard InChI is InChI=1S/C12H22N2O3/c1-9-5-10(2)14(13-9)6-12(15)8-17-11(3)7-16-4/h5,11-12,15H,6-8H2,1-4H3. The summed E-state index contributed by atoms with van der Waals surface area (Å²) in [6.07, 6.45) is -0.553. The van der Waals surface area contributed by atoms with Crippen molar-refractivity contribution in [2.24, 2.45) is 0 Å². The predicted molar refractivity (Wildman–Crippen MR) is 65.0 cm³/mol. The first-order valence-corrected chi connectivity index (χ1v) is 5.82. The lowest BCUT2D eigenvalue weighted by Crippen LogP contribution is -2.27. The highest BCUT2D eigenvalue weighted by Gasteiger charge is 2.10. The highest BCUT2D eigenvalue weighted by molar-refractivity contribution is 5.06. The van der Waals surface area contributed by atoms with Gasteiger partial charge in [0.2, 0.25) is 0 Å². The molecule has 1 rings (SSSR count). The fourth-order valence-corrected chi connectivity index (χ4v) is 1.67. The van der Waals surface area contributed by atoms with E-state index in [-0.39, 0.29) is 6.10 Å². The zero-order valence-electron chi connectivity index (χ0n) is 11.0. The summed E-state index contributed by atoms with van der Waals surface area (Å²) in [5.74, 6) is 0. The van der Waals surface area contributed by atoms with Gasteiger partial charge in [-0.25, -0.2) is 0 Å². The highest BCUT2D eigenvalue weighted by Crippen LogP contribution is 2.04. The fourth-order valence-electron chi connectivity index (χ4n) is 1.67. The molecule has 0 aliphatic rings. The zero-order chi connectivity index (χ0) is 12.8. The van der Waals surface area contributed by atoms with E-state index in [0.29, 0.717) is 19.8 Å². The second-order valence-electron chi connectivity index (χ2n) is 4.36. The average molecular weight is 242 g/mol. The molecule has 1 aromatic heterocycles. The van der Waals surface area contributed by atoms with Crippen LogP contribution in [0, 0.1) is 13.8 Å². The molecule has 0 spiro atoms. The van der Waals surface area contributed by atoms with Crippen molar-refractivity contribution in [1.82, 2.24) is 9.78 Å². The third kappa shape index (κ3) is 4.85. The summed E-state index contributed by atoms with van der Waals surface area (Å²) in [5, 5.41) is 14.1. The molecule has 5 nitrogen and oxygen atoms in total. The number of aryl methyl sites for hydroxylation is 2. The van der Waals surface area contributed by atoms with Gasteiger partial charge in [0.15, 0.2) is 0 Å². The van der Waals surface area contributed by atoms with Crippen LogP contribution in [0.5, 0.6) is 0 Å². The monoisotopic (exact) mass is 242 g/mol. The van der Waals surface area contributed by atoms with Gasteiger partial charge in [0, 0.05) is 12.8 Å². The molecule has 17 heavy (non-hydrogen) atoms. The fraction of sp³-hybridized carbons (Fsp3) is 0.750. The maximum Gasteiger partial charge on any atom is 0.0969 e. The first-order valence-electron chi connectivity index (χ1n) is 5.82. The molecule has 0 fully saturated rings. The second kappa shape index (κ2) is 6.74. The van der Waals surface area contributed by atoms with E-state index in [0.717, 1.165) is 11.4 Å². The van der Waals surface area contributed by atoms with Crippen LogP contribution < -0.4 is 0 Å². The number of hydrogen-bond donors (Lipinski definition) is 1. The molecule has 2 atom stereocenters. The Labute approximate surface area is 102 Å². The Morgan fingerprint density at radius 2 is 2.12 bits per heavy atom. The van der Waals surface area contributed by atoms with E-state index in [4.69, 9.17) is 9.47 Å². The topological polar surface area (TPSA) is 56.5 Å². The van der Waals surface area contributed by atoms with Gasteiger partial charge in [-0.05, 0) is 26.8 Å². The summed E-state index contributed by atoms with van der Waals surface area (Å²) in [6.45, 7) is 7.11. The highest BCUT2D eigenvalue weighted by atomic mass is 16.5. The summed E-state index contributed by atoms with van der Waals surface area (Å²) in [7, 11) is 1.63. The van der Waals surface area contributed by atoms with Crippen molar-refractivity contribution in [2.75, 3.05) is 20.3 Å². The van der Waals surface area contributed by atoms with Crippen LogP contribution in [0.15, 0.2) is 6.07 Å². The van der Waals surface area contributed by atoms with Gasteiger partial charge in [-0.2, -0.15) is 5.10 Å². The van der Waals surface area contributed by atoms with Gasteiger partial charge < -0.3 is 14.6 Å². The van der Waals surface area contributed by atoms with Gasteiger partial charge in [0.25, 0.3) is 0 Å². The molecule has 0 bridgehead atoms. The summed E-state index contributed by atoms with van der Waals surface area (Å²) < 4.78 is 12.2. The number of hydrogen-bond acceptors (Lipinski definition) is 4. The van der Waals surface area contributed by atoms with Gasteiger partial charge in [-0.3, -0.25) is 4.68 Å². The molecule has 1 N–H and O–H groups in total. The van der Waals surface area contributed by atoms with Crippen molar-refractivity contribution >= 4 is 0 Å². The molecule has 1 heterocycles. The second-order valence-corrected chi connectivity index (χ2v) is 4.36. The number of aliphatic hydroxyl groups excluding tert-OH is 1. The van der Waals surface area contributed by atoms with Crippen molar-refractivity contribution in [1.29, 1.82) is 0 Å². The van der Waals surface area contributed by atoms with Crippen LogP contribution in [0.1, 0.15) is 18.3 Å². The van der Waals surface area contributed by atoms with Crippen LogP contribution in [-0.4, -0.2) is 47.4 Å². The number of aromatic nitrogens is 2. The first kappa shape index (κ1) is 14.2. The number of aliphatic hydroxyl groups is 1. The van der Waals surface area contributed by atoms with Crippen molar-refractivity contribution in [2.45, 2.75) is 39.5 Å². The minimum absolute atomic E-state index is 0.00453. The van der Waals surface area contributed by atoms with E-state index in [1.54, 1.807) is 11.8 Å². The lowest BCUT2D eigenvalue weighted by Gasteiger charge is -2.16. The van der Waals surface area contributed by atoms with Crippen LogP contribution in [0.25, 0.3) is 0 Å². The summed E-state index contributed by atoms with van der Waals surface area (Å²) in [6, 6.07) is 1.99. The maximum atomic E-state index is 9.83. The molecule has 0 radical (unpaired) electrons. The number of methoxy groups -OCH3 is 1. The predicted octanol–water partition coefficient (Wildman–Crippen LogP) is 0.912.